The summed E-state index contributed by atoms with van der Waals surface area (Å²) in [5.41, 5.74) is 0. The Morgan fingerprint density at radius 2 is 0.549 bits per heavy atom. The molecule has 0 spiro atoms. The summed E-state index contributed by atoms with van der Waals surface area (Å²) in [5.74, 6) is -0.972. The van der Waals surface area contributed by atoms with Gasteiger partial charge in [-0.2, -0.15) is 0 Å². The van der Waals surface area contributed by atoms with Crippen LogP contribution in [0.1, 0.15) is 329 Å². The monoisotopic (exact) mass is 995 g/mol. The third-order valence-corrected chi connectivity index (χ3v) is 13.9. The molecule has 0 aromatic heterocycles. The van der Waals surface area contributed by atoms with Crippen molar-refractivity contribution < 1.29 is 28.6 Å². The van der Waals surface area contributed by atoms with E-state index in [1.165, 1.54) is 218 Å². The lowest BCUT2D eigenvalue weighted by Crippen LogP contribution is -2.30. The second kappa shape index (κ2) is 59.9. The van der Waals surface area contributed by atoms with Crippen LogP contribution in [0.2, 0.25) is 0 Å². The third kappa shape index (κ3) is 58.1. The molecule has 0 saturated carbocycles. The largest absolute Gasteiger partial charge is 0.462 e. The number of carbonyl (C=O) groups is 3. The lowest BCUT2D eigenvalue weighted by Gasteiger charge is -2.18. The summed E-state index contributed by atoms with van der Waals surface area (Å²) in [6, 6.07) is 0. The molecule has 0 amide bonds. The Balaban J connectivity index is 3.99. The van der Waals surface area contributed by atoms with Gasteiger partial charge in [0.25, 0.3) is 0 Å². The van der Waals surface area contributed by atoms with Crippen LogP contribution in [0.4, 0.5) is 0 Å². The molecule has 0 saturated heterocycles. The minimum atomic E-state index is -0.806. The van der Waals surface area contributed by atoms with E-state index in [9.17, 15) is 14.4 Å². The van der Waals surface area contributed by atoms with Crippen LogP contribution in [0.25, 0.3) is 0 Å². The molecule has 0 aliphatic carbocycles. The first-order valence-electron chi connectivity index (χ1n) is 31.1. The summed E-state index contributed by atoms with van der Waals surface area (Å²) >= 11 is 0. The fourth-order valence-corrected chi connectivity index (χ4v) is 9.22. The fraction of sp³-hybridized carbons (Fsp3) is 0.831. The van der Waals surface area contributed by atoms with Crippen molar-refractivity contribution in [3.63, 3.8) is 0 Å². The van der Waals surface area contributed by atoms with Gasteiger partial charge in [-0.1, -0.05) is 313 Å². The summed E-state index contributed by atoms with van der Waals surface area (Å²) in [6.45, 7) is 6.47. The number of esters is 3. The molecule has 6 nitrogen and oxygen atoms in total. The van der Waals surface area contributed by atoms with Crippen LogP contribution in [-0.2, 0) is 28.6 Å². The van der Waals surface area contributed by atoms with Crippen LogP contribution in [0, 0.1) is 0 Å². The summed E-state index contributed by atoms with van der Waals surface area (Å²) in [5, 5.41) is 0. The molecule has 0 rings (SSSR count). The minimum Gasteiger partial charge on any atom is -0.462 e. The Morgan fingerprint density at radius 3 is 0.831 bits per heavy atom. The summed E-state index contributed by atoms with van der Waals surface area (Å²) in [4.78, 5) is 37.9. The molecule has 0 N–H and O–H groups in total. The Kier molecular flexibility index (Phi) is 57.7. The van der Waals surface area contributed by atoms with Crippen LogP contribution in [0.3, 0.4) is 0 Å². The van der Waals surface area contributed by atoms with E-state index in [1.807, 2.05) is 6.08 Å². The molecular weight excluding hydrogens is 877 g/mol. The average Bonchev–Trinajstić information content (AvgIpc) is 3.37. The standard InChI is InChI=1S/C65H118O6/c1-4-7-10-13-16-19-21-23-24-25-26-27-28-29-30-31-32-33-34-35-36-37-38-39-40-41-43-44-46-49-52-55-58-64(67)70-61-62(60-69-63(66)57-54-51-48-18-15-12-9-6-3)71-65(68)59-56-53-50-47-45-42-22-20-17-14-11-8-5-2/h8,11,17,20,42,45,50,53,62H,4-7,9-10,12-16,18-19,21-41,43-44,46-49,51-52,54-61H2,1-3H3/b11-8-,20-17-,45-42-,53-50-. The number of hydrogen-bond acceptors (Lipinski definition) is 6. The quantitative estimate of drug-likeness (QED) is 0.0261. The lowest BCUT2D eigenvalue weighted by atomic mass is 10.0. The second-order valence-corrected chi connectivity index (χ2v) is 21.0. The summed E-state index contributed by atoms with van der Waals surface area (Å²) in [7, 11) is 0. The van der Waals surface area contributed by atoms with E-state index < -0.39 is 6.10 Å². The molecule has 0 aliphatic rings. The van der Waals surface area contributed by atoms with E-state index in [0.717, 1.165) is 64.2 Å². The average molecular weight is 996 g/mol. The van der Waals surface area contributed by atoms with Crippen molar-refractivity contribution in [3.8, 4) is 0 Å². The van der Waals surface area contributed by atoms with Crippen molar-refractivity contribution >= 4 is 17.9 Å². The first-order valence-corrected chi connectivity index (χ1v) is 31.1. The maximum Gasteiger partial charge on any atom is 0.306 e. The molecule has 0 aromatic carbocycles. The van der Waals surface area contributed by atoms with Crippen LogP contribution in [0.5, 0.6) is 0 Å². The maximum absolute atomic E-state index is 12.7. The minimum absolute atomic E-state index is 0.0980. The topological polar surface area (TPSA) is 78.9 Å². The first kappa shape index (κ1) is 68.4. The number of hydrogen-bond donors (Lipinski definition) is 0. The molecule has 71 heavy (non-hydrogen) atoms. The van der Waals surface area contributed by atoms with Gasteiger partial charge in [0.05, 0.1) is 0 Å². The van der Waals surface area contributed by atoms with Crippen molar-refractivity contribution in [1.29, 1.82) is 0 Å². The van der Waals surface area contributed by atoms with E-state index in [2.05, 4.69) is 63.3 Å². The highest BCUT2D eigenvalue weighted by molar-refractivity contribution is 5.71. The molecule has 6 heteroatoms. The van der Waals surface area contributed by atoms with Crippen LogP contribution in [-0.4, -0.2) is 37.2 Å². The molecule has 0 fully saturated rings. The van der Waals surface area contributed by atoms with Gasteiger partial charge in [-0.25, -0.2) is 0 Å². The van der Waals surface area contributed by atoms with Crippen molar-refractivity contribution in [2.45, 2.75) is 335 Å². The Morgan fingerprint density at radius 1 is 0.296 bits per heavy atom. The van der Waals surface area contributed by atoms with Crippen LogP contribution < -0.4 is 0 Å². The summed E-state index contributed by atoms with van der Waals surface area (Å²) < 4.78 is 16.7. The SMILES string of the molecule is CC/C=C\C/C=C\C/C=C\C/C=C\CCC(=O)OC(COC(=O)CCCCCCCCCC)COC(=O)CCCCCCCCCCCCCCCCCCCCCCCCCCCCCCCCCC. The molecular formula is C65H118O6. The second-order valence-electron chi connectivity index (χ2n) is 21.0. The maximum atomic E-state index is 12.7. The normalized spacial score (nSPS) is 12.3. The highest BCUT2D eigenvalue weighted by atomic mass is 16.6. The van der Waals surface area contributed by atoms with Gasteiger partial charge in [0.1, 0.15) is 13.2 Å². The van der Waals surface area contributed by atoms with E-state index >= 15 is 0 Å². The first-order chi connectivity index (χ1) is 35.0. The van der Waals surface area contributed by atoms with Crippen molar-refractivity contribution in [3.05, 3.63) is 48.6 Å². The van der Waals surface area contributed by atoms with Gasteiger partial charge < -0.3 is 14.2 Å². The van der Waals surface area contributed by atoms with Gasteiger partial charge in [0.2, 0.25) is 0 Å². The molecule has 0 radical (unpaired) electrons. The molecule has 0 bridgehead atoms. The third-order valence-electron chi connectivity index (χ3n) is 13.9. The number of rotatable bonds is 57. The summed E-state index contributed by atoms with van der Waals surface area (Å²) in [6.07, 6.45) is 74.7. The number of allylic oxidation sites excluding steroid dienone is 8. The van der Waals surface area contributed by atoms with Crippen LogP contribution >= 0.6 is 0 Å². The van der Waals surface area contributed by atoms with Crippen LogP contribution in [0.15, 0.2) is 48.6 Å². The molecule has 1 unspecified atom stereocenters. The zero-order valence-corrected chi connectivity index (χ0v) is 47.5. The van der Waals surface area contributed by atoms with Crippen molar-refractivity contribution in [2.75, 3.05) is 13.2 Å². The van der Waals surface area contributed by atoms with Gasteiger partial charge in [-0.05, 0) is 44.9 Å². The predicted molar refractivity (Wildman–Crippen MR) is 307 cm³/mol. The van der Waals surface area contributed by atoms with Crippen molar-refractivity contribution in [1.82, 2.24) is 0 Å². The van der Waals surface area contributed by atoms with E-state index in [-0.39, 0.29) is 37.5 Å². The number of ether oxygens (including phenoxy) is 3. The molecule has 0 aliphatic heterocycles. The van der Waals surface area contributed by atoms with Gasteiger partial charge >= 0.3 is 17.9 Å². The zero-order valence-electron chi connectivity index (χ0n) is 47.5. The smallest absolute Gasteiger partial charge is 0.306 e. The Labute approximate surface area is 441 Å². The van der Waals surface area contributed by atoms with Gasteiger partial charge in [0, 0.05) is 19.3 Å². The number of unbranched alkanes of at least 4 members (excludes halogenated alkanes) is 38. The Bertz CT molecular complexity index is 1230. The molecule has 1 atom stereocenters. The van der Waals surface area contributed by atoms with E-state index in [1.54, 1.807) is 0 Å². The van der Waals surface area contributed by atoms with Crippen molar-refractivity contribution in [2.24, 2.45) is 0 Å². The van der Waals surface area contributed by atoms with Gasteiger partial charge in [0.15, 0.2) is 6.10 Å². The lowest BCUT2D eigenvalue weighted by molar-refractivity contribution is -0.166. The fourth-order valence-electron chi connectivity index (χ4n) is 9.22. The van der Waals surface area contributed by atoms with Gasteiger partial charge in [-0.3, -0.25) is 14.4 Å². The number of carbonyl (C=O) groups excluding carboxylic acids is 3. The molecule has 414 valence electrons. The molecule has 0 heterocycles. The predicted octanol–water partition coefficient (Wildman–Crippen LogP) is 21.0. The Hall–Kier alpha value is -2.63. The van der Waals surface area contributed by atoms with E-state index in [0.29, 0.717) is 19.3 Å². The highest BCUT2D eigenvalue weighted by Gasteiger charge is 2.19. The molecule has 0 aromatic rings. The van der Waals surface area contributed by atoms with Gasteiger partial charge in [-0.15, -0.1) is 0 Å². The highest BCUT2D eigenvalue weighted by Crippen LogP contribution is 2.18. The zero-order chi connectivity index (χ0) is 51.4. The van der Waals surface area contributed by atoms with E-state index in [4.69, 9.17) is 14.2 Å².